The minimum atomic E-state index is -0.900. The van der Waals surface area contributed by atoms with Crippen molar-refractivity contribution >= 4 is 5.91 Å². The molecular formula is C5H9FN2O. The summed E-state index contributed by atoms with van der Waals surface area (Å²) in [5, 5.41) is 2.66. The van der Waals surface area contributed by atoms with Gasteiger partial charge in [0.05, 0.1) is 6.04 Å². The van der Waals surface area contributed by atoms with Crippen molar-refractivity contribution in [2.75, 3.05) is 6.54 Å². The van der Waals surface area contributed by atoms with Gasteiger partial charge in [0.2, 0.25) is 5.91 Å². The highest BCUT2D eigenvalue weighted by Gasteiger charge is 2.26. The summed E-state index contributed by atoms with van der Waals surface area (Å²) >= 11 is 0. The summed E-state index contributed by atoms with van der Waals surface area (Å²) in [5.41, 5.74) is 4.89. The lowest BCUT2D eigenvalue weighted by molar-refractivity contribution is -0.119. The number of alkyl halides is 1. The second kappa shape index (κ2) is 2.31. The number of nitrogens with one attached hydrogen (secondary N) is 1. The molecule has 0 saturated carbocycles. The zero-order chi connectivity index (χ0) is 6.85. The molecule has 0 radical (unpaired) electrons. The number of carbonyl (C=O) groups excluding carboxylic acids is 1. The molecule has 0 bridgehead atoms. The molecule has 0 aromatic rings. The topological polar surface area (TPSA) is 55.1 Å². The number of nitrogens with two attached hydrogens (primary N) is 1. The summed E-state index contributed by atoms with van der Waals surface area (Å²) in [5.74, 6) is -0.463. The molecule has 0 unspecified atom stereocenters. The Balaban J connectivity index is 2.39. The SMILES string of the molecule is NC(=O)[C@H]1C[C@H](F)CN1. The van der Waals surface area contributed by atoms with Crippen LogP contribution in [0.25, 0.3) is 0 Å². The van der Waals surface area contributed by atoms with Crippen LogP contribution in [0.5, 0.6) is 0 Å². The second-order valence-electron chi connectivity index (χ2n) is 2.20. The average Bonchev–Trinajstić information content (AvgIpc) is 2.14. The molecule has 4 heteroatoms. The van der Waals surface area contributed by atoms with E-state index in [0.29, 0.717) is 0 Å². The van der Waals surface area contributed by atoms with Crippen molar-refractivity contribution < 1.29 is 9.18 Å². The smallest absolute Gasteiger partial charge is 0.234 e. The summed E-state index contributed by atoms with van der Waals surface area (Å²) in [6.45, 7) is 0.258. The molecule has 1 aliphatic heterocycles. The van der Waals surface area contributed by atoms with E-state index in [1.54, 1.807) is 0 Å². The summed E-state index contributed by atoms with van der Waals surface area (Å²) in [6.07, 6.45) is -0.669. The third-order valence-corrected chi connectivity index (χ3v) is 1.42. The fraction of sp³-hybridized carbons (Fsp3) is 0.800. The molecule has 0 aromatic heterocycles. The van der Waals surface area contributed by atoms with Gasteiger partial charge in [-0.05, 0) is 0 Å². The Morgan fingerprint density at radius 3 is 2.67 bits per heavy atom. The van der Waals surface area contributed by atoms with Crippen molar-refractivity contribution in [3.05, 3.63) is 0 Å². The van der Waals surface area contributed by atoms with Crippen LogP contribution in [0.2, 0.25) is 0 Å². The van der Waals surface area contributed by atoms with Crippen LogP contribution in [0.15, 0.2) is 0 Å². The molecule has 52 valence electrons. The van der Waals surface area contributed by atoms with E-state index in [2.05, 4.69) is 5.32 Å². The maximum Gasteiger partial charge on any atom is 0.234 e. The standard InChI is InChI=1S/C5H9FN2O/c6-3-1-4(5(7)9)8-2-3/h3-4,8H,1-2H2,(H2,7,9)/t3-,4+/m0/s1. The predicted molar refractivity (Wildman–Crippen MR) is 30.5 cm³/mol. The number of rotatable bonds is 1. The molecule has 1 heterocycles. The highest BCUT2D eigenvalue weighted by Crippen LogP contribution is 2.08. The summed E-state index contributed by atoms with van der Waals surface area (Å²) in [6, 6.07) is -0.444. The van der Waals surface area contributed by atoms with E-state index < -0.39 is 18.1 Å². The average molecular weight is 132 g/mol. The van der Waals surface area contributed by atoms with E-state index in [-0.39, 0.29) is 13.0 Å². The molecule has 2 atom stereocenters. The van der Waals surface area contributed by atoms with Crippen molar-refractivity contribution in [1.82, 2.24) is 5.32 Å². The molecule has 0 aromatic carbocycles. The number of carbonyl (C=O) groups is 1. The van der Waals surface area contributed by atoms with Gasteiger partial charge in [-0.1, -0.05) is 0 Å². The molecule has 1 amide bonds. The van der Waals surface area contributed by atoms with Gasteiger partial charge < -0.3 is 11.1 Å². The maximum absolute atomic E-state index is 12.3. The first kappa shape index (κ1) is 6.48. The van der Waals surface area contributed by atoms with Crippen LogP contribution in [0.1, 0.15) is 6.42 Å². The first-order valence-electron chi connectivity index (χ1n) is 2.87. The first-order chi connectivity index (χ1) is 4.20. The number of hydrogen-bond donors (Lipinski definition) is 2. The third kappa shape index (κ3) is 1.38. The van der Waals surface area contributed by atoms with Crippen LogP contribution in [0.4, 0.5) is 4.39 Å². The first-order valence-corrected chi connectivity index (χ1v) is 2.87. The van der Waals surface area contributed by atoms with Gasteiger partial charge in [-0.25, -0.2) is 4.39 Å². The molecular weight excluding hydrogens is 123 g/mol. The van der Waals surface area contributed by atoms with Gasteiger partial charge in [0.15, 0.2) is 0 Å². The molecule has 0 spiro atoms. The minimum absolute atomic E-state index is 0.231. The van der Waals surface area contributed by atoms with Gasteiger partial charge in [0, 0.05) is 13.0 Å². The monoisotopic (exact) mass is 132 g/mol. The quantitative estimate of drug-likeness (QED) is 0.489. The van der Waals surface area contributed by atoms with Crippen LogP contribution < -0.4 is 11.1 Å². The predicted octanol–water partition coefficient (Wildman–Crippen LogP) is -0.828. The maximum atomic E-state index is 12.3. The fourth-order valence-corrected chi connectivity index (χ4v) is 0.909. The lowest BCUT2D eigenvalue weighted by atomic mass is 10.2. The van der Waals surface area contributed by atoms with Crippen molar-refractivity contribution in [1.29, 1.82) is 0 Å². The van der Waals surface area contributed by atoms with Gasteiger partial charge >= 0.3 is 0 Å². The molecule has 1 fully saturated rings. The minimum Gasteiger partial charge on any atom is -0.368 e. The molecule has 0 aliphatic carbocycles. The van der Waals surface area contributed by atoms with Crippen LogP contribution >= 0.6 is 0 Å². The van der Waals surface area contributed by atoms with Gasteiger partial charge in [-0.2, -0.15) is 0 Å². The Morgan fingerprint density at radius 2 is 2.44 bits per heavy atom. The zero-order valence-corrected chi connectivity index (χ0v) is 4.93. The van der Waals surface area contributed by atoms with Crippen molar-refractivity contribution in [2.24, 2.45) is 5.73 Å². The van der Waals surface area contributed by atoms with E-state index >= 15 is 0 Å². The van der Waals surface area contributed by atoms with Gasteiger partial charge in [-0.15, -0.1) is 0 Å². The summed E-state index contributed by atoms with van der Waals surface area (Å²) in [4.78, 5) is 10.3. The summed E-state index contributed by atoms with van der Waals surface area (Å²) in [7, 11) is 0. The second-order valence-corrected chi connectivity index (χ2v) is 2.20. The van der Waals surface area contributed by atoms with Crippen molar-refractivity contribution in [3.63, 3.8) is 0 Å². The molecule has 1 aliphatic rings. The molecule has 3 N–H and O–H groups in total. The highest BCUT2D eigenvalue weighted by molar-refractivity contribution is 5.80. The van der Waals surface area contributed by atoms with E-state index in [4.69, 9.17) is 5.73 Å². The van der Waals surface area contributed by atoms with Crippen molar-refractivity contribution in [2.45, 2.75) is 18.6 Å². The zero-order valence-electron chi connectivity index (χ0n) is 4.93. The number of primary amides is 1. The lowest BCUT2D eigenvalue weighted by Gasteiger charge is -2.00. The van der Waals surface area contributed by atoms with Crippen LogP contribution in [0, 0.1) is 0 Å². The number of halogens is 1. The van der Waals surface area contributed by atoms with E-state index in [0.717, 1.165) is 0 Å². The summed E-state index contributed by atoms with van der Waals surface area (Å²) < 4.78 is 12.3. The largest absolute Gasteiger partial charge is 0.368 e. The van der Waals surface area contributed by atoms with E-state index in [1.165, 1.54) is 0 Å². The highest BCUT2D eigenvalue weighted by atomic mass is 19.1. The van der Waals surface area contributed by atoms with E-state index in [9.17, 15) is 9.18 Å². The van der Waals surface area contributed by atoms with Crippen LogP contribution in [-0.4, -0.2) is 24.7 Å². The Bertz CT molecular complexity index is 128. The van der Waals surface area contributed by atoms with Crippen LogP contribution in [-0.2, 0) is 4.79 Å². The normalized spacial score (nSPS) is 34.8. The third-order valence-electron chi connectivity index (χ3n) is 1.42. The molecule has 1 rings (SSSR count). The molecule has 1 saturated heterocycles. The molecule has 3 nitrogen and oxygen atoms in total. The Kier molecular flexibility index (Phi) is 1.66. The lowest BCUT2D eigenvalue weighted by Crippen LogP contribution is -2.36. The van der Waals surface area contributed by atoms with Gasteiger partial charge in [0.1, 0.15) is 6.17 Å². The Morgan fingerprint density at radius 1 is 1.78 bits per heavy atom. The van der Waals surface area contributed by atoms with Crippen molar-refractivity contribution in [3.8, 4) is 0 Å². The Labute approximate surface area is 52.4 Å². The fourth-order valence-electron chi connectivity index (χ4n) is 0.909. The number of hydrogen-bond acceptors (Lipinski definition) is 2. The molecule has 9 heavy (non-hydrogen) atoms. The van der Waals surface area contributed by atoms with Gasteiger partial charge in [0.25, 0.3) is 0 Å². The van der Waals surface area contributed by atoms with E-state index in [1.807, 2.05) is 0 Å². The van der Waals surface area contributed by atoms with Gasteiger partial charge in [-0.3, -0.25) is 4.79 Å². The Hall–Kier alpha value is -0.640. The van der Waals surface area contributed by atoms with Crippen LogP contribution in [0.3, 0.4) is 0 Å². The number of amides is 1.